The Labute approximate surface area is 158 Å². The van der Waals surface area contributed by atoms with Crippen LogP contribution in [0, 0.1) is 0 Å². The third-order valence-corrected chi connectivity index (χ3v) is 7.12. The highest BCUT2D eigenvalue weighted by Gasteiger charge is 2.54. The van der Waals surface area contributed by atoms with E-state index in [-0.39, 0.29) is 17.5 Å². The lowest BCUT2D eigenvalue weighted by Gasteiger charge is -2.23. The molecule has 0 spiro atoms. The van der Waals surface area contributed by atoms with Crippen LogP contribution in [0.15, 0.2) is 48.5 Å². The molecular weight excluding hydrogens is 372 g/mol. The summed E-state index contributed by atoms with van der Waals surface area (Å²) < 4.78 is 24.6. The van der Waals surface area contributed by atoms with Crippen molar-refractivity contribution in [1.82, 2.24) is 0 Å². The first kappa shape index (κ1) is 17.4. The summed E-state index contributed by atoms with van der Waals surface area (Å²) in [5.41, 5.74) is 2.44. The number of hydrogen-bond acceptors (Lipinski definition) is 3. The van der Waals surface area contributed by atoms with Gasteiger partial charge in [-0.3, -0.25) is 9.80 Å². The van der Waals surface area contributed by atoms with Gasteiger partial charge in [0.05, 0.1) is 34.3 Å². The smallest absolute Gasteiger partial charge is 0.288 e. The van der Waals surface area contributed by atoms with E-state index in [1.165, 1.54) is 5.56 Å². The number of rotatable bonds is 3. The Balaban J connectivity index is 1.80. The zero-order valence-electron chi connectivity index (χ0n) is 14.3. The number of hydrogen-bond donors (Lipinski definition) is 0. The molecule has 2 amide bonds. The number of carbonyl (C=O) groups is 1. The zero-order chi connectivity index (χ0) is 18.5. The third-order valence-electron chi connectivity index (χ3n) is 5.10. The summed E-state index contributed by atoms with van der Waals surface area (Å²) in [5.74, 6) is -0.0714. The normalized spacial score (nSPS) is 24.2. The van der Waals surface area contributed by atoms with Gasteiger partial charge in [-0.05, 0) is 36.2 Å². The summed E-state index contributed by atoms with van der Waals surface area (Å²) >= 11 is 6.30. The number of nitrogens with zero attached hydrogens (tertiary/aromatic N) is 2. The number of anilines is 2. The van der Waals surface area contributed by atoms with Crippen molar-refractivity contribution in [2.75, 3.05) is 21.3 Å². The van der Waals surface area contributed by atoms with E-state index in [2.05, 4.69) is 6.92 Å². The fourth-order valence-corrected chi connectivity index (χ4v) is 5.97. The number of urea groups is 1. The molecule has 0 radical (unpaired) electrons. The summed E-state index contributed by atoms with van der Waals surface area (Å²) in [6.07, 6.45) is 0.903. The van der Waals surface area contributed by atoms with Crippen molar-refractivity contribution in [2.45, 2.75) is 25.4 Å². The van der Waals surface area contributed by atoms with Gasteiger partial charge >= 0.3 is 6.03 Å². The molecule has 0 N–H and O–H groups in total. The molecule has 2 saturated heterocycles. The summed E-state index contributed by atoms with van der Waals surface area (Å²) in [6, 6.07) is 13.7. The first-order valence-electron chi connectivity index (χ1n) is 8.57. The van der Waals surface area contributed by atoms with Crippen molar-refractivity contribution in [2.24, 2.45) is 0 Å². The average molecular weight is 391 g/mol. The summed E-state index contributed by atoms with van der Waals surface area (Å²) in [6.45, 7) is 2.06. The number of benzene rings is 2. The number of para-hydroxylation sites is 1. The van der Waals surface area contributed by atoms with E-state index in [0.29, 0.717) is 16.4 Å². The molecule has 0 unspecified atom stereocenters. The van der Waals surface area contributed by atoms with Crippen LogP contribution in [0.1, 0.15) is 12.5 Å². The molecule has 0 saturated carbocycles. The minimum absolute atomic E-state index is 0.0279. The van der Waals surface area contributed by atoms with Crippen molar-refractivity contribution in [3.8, 4) is 0 Å². The van der Waals surface area contributed by atoms with Crippen LogP contribution < -0.4 is 9.80 Å². The van der Waals surface area contributed by atoms with Crippen molar-refractivity contribution >= 4 is 38.8 Å². The quantitative estimate of drug-likeness (QED) is 0.753. The van der Waals surface area contributed by atoms with E-state index in [9.17, 15) is 13.2 Å². The van der Waals surface area contributed by atoms with Gasteiger partial charge in [-0.1, -0.05) is 42.8 Å². The molecule has 2 aromatic carbocycles. The Kier molecular flexibility index (Phi) is 4.20. The summed E-state index contributed by atoms with van der Waals surface area (Å²) in [7, 11) is -3.22. The Morgan fingerprint density at radius 3 is 2.23 bits per heavy atom. The zero-order valence-corrected chi connectivity index (χ0v) is 15.9. The van der Waals surface area contributed by atoms with Gasteiger partial charge in [0.15, 0.2) is 9.84 Å². The van der Waals surface area contributed by atoms with Gasteiger partial charge in [-0.2, -0.15) is 0 Å². The third kappa shape index (κ3) is 2.77. The molecule has 2 aliphatic rings. The Hall–Kier alpha value is -2.05. The maximum absolute atomic E-state index is 13.2. The van der Waals surface area contributed by atoms with E-state index in [0.717, 1.165) is 6.42 Å². The van der Waals surface area contributed by atoms with Gasteiger partial charge in [-0.25, -0.2) is 13.2 Å². The monoisotopic (exact) mass is 390 g/mol. The van der Waals surface area contributed by atoms with Gasteiger partial charge < -0.3 is 0 Å². The SMILES string of the molecule is CCc1ccc(N2C(=O)N(c3ccccc3Cl)[C@@H]3CS(=O)(=O)C[C@@H]32)cc1. The van der Waals surface area contributed by atoms with Crippen LogP contribution in [-0.4, -0.2) is 38.0 Å². The Morgan fingerprint density at radius 2 is 1.62 bits per heavy atom. The number of fused-ring (bicyclic) bond motifs is 1. The number of sulfone groups is 1. The van der Waals surface area contributed by atoms with Gasteiger partial charge in [0.2, 0.25) is 0 Å². The number of amides is 2. The maximum Gasteiger partial charge on any atom is 0.329 e. The van der Waals surface area contributed by atoms with Crippen LogP contribution in [0.5, 0.6) is 0 Å². The predicted octanol–water partition coefficient (Wildman–Crippen LogP) is 3.51. The van der Waals surface area contributed by atoms with Gasteiger partial charge in [0.25, 0.3) is 0 Å². The van der Waals surface area contributed by atoms with E-state index in [1.807, 2.05) is 24.3 Å². The molecule has 2 atom stereocenters. The Bertz CT molecular complexity index is 959. The standard InChI is InChI=1S/C19H19ClN2O3S/c1-2-13-7-9-14(10-8-13)21-17-11-26(24,25)12-18(17)22(19(21)23)16-6-4-3-5-15(16)20/h3-10,17-18H,2,11-12H2,1H3/t17-,18+/m0/s1. The van der Waals surface area contributed by atoms with Crippen LogP contribution in [0.25, 0.3) is 0 Å². The molecule has 4 rings (SSSR count). The summed E-state index contributed by atoms with van der Waals surface area (Å²) in [4.78, 5) is 16.4. The van der Waals surface area contributed by atoms with Crippen molar-refractivity contribution in [3.05, 3.63) is 59.1 Å². The van der Waals surface area contributed by atoms with Crippen LogP contribution in [0.3, 0.4) is 0 Å². The van der Waals surface area contributed by atoms with Crippen molar-refractivity contribution < 1.29 is 13.2 Å². The van der Waals surface area contributed by atoms with Crippen molar-refractivity contribution in [3.63, 3.8) is 0 Å². The first-order valence-corrected chi connectivity index (χ1v) is 10.8. The molecule has 26 heavy (non-hydrogen) atoms. The maximum atomic E-state index is 13.2. The fourth-order valence-electron chi connectivity index (χ4n) is 3.83. The lowest BCUT2D eigenvalue weighted by atomic mass is 10.1. The molecule has 0 aromatic heterocycles. The van der Waals surface area contributed by atoms with Gasteiger partial charge in [0.1, 0.15) is 0 Å². The molecule has 2 heterocycles. The minimum atomic E-state index is -3.22. The number of carbonyl (C=O) groups excluding carboxylic acids is 1. The number of aryl methyl sites for hydroxylation is 1. The van der Waals surface area contributed by atoms with Gasteiger partial charge in [0, 0.05) is 5.69 Å². The molecule has 2 aromatic rings. The lowest BCUT2D eigenvalue weighted by molar-refractivity contribution is 0.255. The van der Waals surface area contributed by atoms with Crippen LogP contribution in [-0.2, 0) is 16.3 Å². The highest BCUT2D eigenvalue weighted by Crippen LogP contribution is 2.40. The predicted molar refractivity (Wildman–Crippen MR) is 104 cm³/mol. The van der Waals surface area contributed by atoms with Crippen LogP contribution in [0.2, 0.25) is 5.02 Å². The van der Waals surface area contributed by atoms with Crippen LogP contribution >= 0.6 is 11.6 Å². The van der Waals surface area contributed by atoms with E-state index >= 15 is 0 Å². The molecule has 2 aliphatic heterocycles. The molecule has 0 bridgehead atoms. The van der Waals surface area contributed by atoms with E-state index < -0.39 is 21.9 Å². The highest BCUT2D eigenvalue weighted by atomic mass is 35.5. The second-order valence-electron chi connectivity index (χ2n) is 6.71. The topological polar surface area (TPSA) is 57.7 Å². The number of halogens is 1. The largest absolute Gasteiger partial charge is 0.329 e. The Morgan fingerprint density at radius 1 is 1.00 bits per heavy atom. The summed E-state index contributed by atoms with van der Waals surface area (Å²) in [5, 5.41) is 0.437. The molecule has 136 valence electrons. The fraction of sp³-hybridized carbons (Fsp3) is 0.316. The minimum Gasteiger partial charge on any atom is -0.288 e. The van der Waals surface area contributed by atoms with E-state index in [4.69, 9.17) is 11.6 Å². The van der Waals surface area contributed by atoms with Crippen molar-refractivity contribution in [1.29, 1.82) is 0 Å². The molecular formula is C19H19ClN2O3S. The first-order chi connectivity index (χ1) is 12.4. The van der Waals surface area contributed by atoms with Gasteiger partial charge in [-0.15, -0.1) is 0 Å². The average Bonchev–Trinajstić information content (AvgIpc) is 3.05. The molecule has 5 nitrogen and oxygen atoms in total. The second-order valence-corrected chi connectivity index (χ2v) is 9.27. The van der Waals surface area contributed by atoms with E-state index in [1.54, 1.807) is 34.1 Å². The molecule has 7 heteroatoms. The highest BCUT2D eigenvalue weighted by molar-refractivity contribution is 7.91. The molecule has 0 aliphatic carbocycles. The van der Waals surface area contributed by atoms with Crippen LogP contribution in [0.4, 0.5) is 16.2 Å². The second kappa shape index (κ2) is 6.28. The molecule has 2 fully saturated rings. The lowest BCUT2D eigenvalue weighted by Crippen LogP contribution is -2.38.